The first-order valence-electron chi connectivity index (χ1n) is 6.37. The van der Waals surface area contributed by atoms with Gasteiger partial charge in [-0.25, -0.2) is 0 Å². The zero-order valence-electron chi connectivity index (χ0n) is 11.4. The molecule has 0 fully saturated rings. The van der Waals surface area contributed by atoms with Crippen molar-refractivity contribution in [1.82, 2.24) is 20.8 Å². The van der Waals surface area contributed by atoms with E-state index in [9.17, 15) is 4.79 Å². The number of halogens is 1. The van der Waals surface area contributed by atoms with E-state index < -0.39 is 0 Å². The minimum absolute atomic E-state index is 0.150. The summed E-state index contributed by atoms with van der Waals surface area (Å²) in [6, 6.07) is 9.77. The molecular weight excluding hydrogens is 320 g/mol. The van der Waals surface area contributed by atoms with Gasteiger partial charge in [-0.3, -0.25) is 9.89 Å². The Morgan fingerprint density at radius 1 is 1.40 bits per heavy atom. The lowest BCUT2D eigenvalue weighted by Crippen LogP contribution is -2.37. The molecule has 20 heavy (non-hydrogen) atoms. The number of aromatic amines is 1. The number of carbonyl (C=O) groups excluding carboxylic acids is 1. The molecule has 0 aliphatic carbocycles. The van der Waals surface area contributed by atoms with Crippen molar-refractivity contribution in [3.05, 3.63) is 40.5 Å². The second-order valence-corrected chi connectivity index (χ2v) is 5.49. The van der Waals surface area contributed by atoms with E-state index >= 15 is 0 Å². The van der Waals surface area contributed by atoms with E-state index in [1.165, 1.54) is 0 Å². The highest BCUT2D eigenvalue weighted by Crippen LogP contribution is 2.20. The highest BCUT2D eigenvalue weighted by atomic mass is 79.9. The molecule has 0 radical (unpaired) electrons. The Kier molecular flexibility index (Phi) is 4.92. The van der Waals surface area contributed by atoms with Crippen LogP contribution in [0.25, 0.3) is 11.3 Å². The molecule has 1 aromatic heterocycles. The number of likely N-dealkylation sites (N-methyl/N-ethyl adjacent to an activating group) is 1. The fourth-order valence-corrected chi connectivity index (χ4v) is 1.91. The van der Waals surface area contributed by atoms with E-state index in [0.29, 0.717) is 12.2 Å². The van der Waals surface area contributed by atoms with Crippen LogP contribution < -0.4 is 10.6 Å². The highest BCUT2D eigenvalue weighted by Gasteiger charge is 2.11. The molecule has 5 nitrogen and oxygen atoms in total. The van der Waals surface area contributed by atoms with Crippen LogP contribution in [0.5, 0.6) is 0 Å². The van der Waals surface area contributed by atoms with E-state index in [2.05, 4.69) is 36.8 Å². The smallest absolute Gasteiger partial charge is 0.269 e. The van der Waals surface area contributed by atoms with Gasteiger partial charge < -0.3 is 10.6 Å². The maximum absolute atomic E-state index is 11.9. The number of hydrogen-bond acceptors (Lipinski definition) is 3. The summed E-state index contributed by atoms with van der Waals surface area (Å²) in [7, 11) is 1.86. The summed E-state index contributed by atoms with van der Waals surface area (Å²) in [5.74, 6) is -0.150. The van der Waals surface area contributed by atoms with Crippen LogP contribution in [0.1, 0.15) is 17.4 Å². The maximum Gasteiger partial charge on any atom is 0.269 e. The van der Waals surface area contributed by atoms with Gasteiger partial charge in [0.15, 0.2) is 0 Å². The van der Waals surface area contributed by atoms with Gasteiger partial charge in [-0.05, 0) is 32.2 Å². The van der Waals surface area contributed by atoms with Gasteiger partial charge in [0.2, 0.25) is 0 Å². The van der Waals surface area contributed by atoms with E-state index in [1.807, 2.05) is 38.2 Å². The van der Waals surface area contributed by atoms with Crippen molar-refractivity contribution in [2.75, 3.05) is 13.6 Å². The number of carbonyl (C=O) groups is 1. The number of benzene rings is 1. The van der Waals surface area contributed by atoms with Crippen molar-refractivity contribution in [1.29, 1.82) is 0 Å². The fraction of sp³-hybridized carbons (Fsp3) is 0.286. The number of aromatic nitrogens is 2. The number of nitrogens with one attached hydrogen (secondary N) is 3. The lowest BCUT2D eigenvalue weighted by molar-refractivity contribution is 0.0945. The van der Waals surface area contributed by atoms with Gasteiger partial charge in [0.1, 0.15) is 5.69 Å². The molecule has 0 aliphatic rings. The van der Waals surface area contributed by atoms with Gasteiger partial charge in [-0.2, -0.15) is 5.10 Å². The lowest BCUT2D eigenvalue weighted by Gasteiger charge is -2.10. The molecule has 1 atom stereocenters. The molecule has 0 aliphatic heterocycles. The van der Waals surface area contributed by atoms with Crippen LogP contribution in [0, 0.1) is 0 Å². The molecule has 2 rings (SSSR count). The number of H-pyrrole nitrogens is 1. The summed E-state index contributed by atoms with van der Waals surface area (Å²) in [5.41, 5.74) is 2.18. The quantitative estimate of drug-likeness (QED) is 0.783. The summed E-state index contributed by atoms with van der Waals surface area (Å²) in [5, 5.41) is 12.8. The largest absolute Gasteiger partial charge is 0.349 e. The first kappa shape index (κ1) is 14.7. The standard InChI is InChI=1S/C14H17BrN4O/c1-9(16-2)8-17-14(20)13-7-12(18-19-13)10-3-5-11(15)6-4-10/h3-7,9,16H,8H2,1-2H3,(H,17,20)(H,18,19). The van der Waals surface area contributed by atoms with E-state index in [0.717, 1.165) is 15.7 Å². The van der Waals surface area contributed by atoms with E-state index in [-0.39, 0.29) is 11.9 Å². The minimum atomic E-state index is -0.150. The molecule has 0 spiro atoms. The molecule has 1 aromatic carbocycles. The van der Waals surface area contributed by atoms with Gasteiger partial charge in [0, 0.05) is 22.6 Å². The first-order chi connectivity index (χ1) is 9.60. The van der Waals surface area contributed by atoms with E-state index in [4.69, 9.17) is 0 Å². The van der Waals surface area contributed by atoms with Crippen LogP contribution in [0.4, 0.5) is 0 Å². The third kappa shape index (κ3) is 3.68. The first-order valence-corrected chi connectivity index (χ1v) is 7.16. The Morgan fingerprint density at radius 2 is 2.10 bits per heavy atom. The number of nitrogens with zero attached hydrogens (tertiary/aromatic N) is 1. The molecule has 2 aromatic rings. The van der Waals surface area contributed by atoms with Crippen LogP contribution >= 0.6 is 15.9 Å². The maximum atomic E-state index is 11.9. The van der Waals surface area contributed by atoms with Gasteiger partial charge in [-0.15, -0.1) is 0 Å². The molecule has 1 unspecified atom stereocenters. The van der Waals surface area contributed by atoms with Crippen molar-refractivity contribution in [3.8, 4) is 11.3 Å². The van der Waals surface area contributed by atoms with Crippen molar-refractivity contribution in [2.24, 2.45) is 0 Å². The number of hydrogen-bond donors (Lipinski definition) is 3. The van der Waals surface area contributed by atoms with Gasteiger partial charge in [-0.1, -0.05) is 28.1 Å². The predicted octanol–water partition coefficient (Wildman–Crippen LogP) is 2.18. The molecule has 106 valence electrons. The van der Waals surface area contributed by atoms with Crippen molar-refractivity contribution in [2.45, 2.75) is 13.0 Å². The van der Waals surface area contributed by atoms with Gasteiger partial charge >= 0.3 is 0 Å². The van der Waals surface area contributed by atoms with Crippen LogP contribution in [0.3, 0.4) is 0 Å². The minimum Gasteiger partial charge on any atom is -0.349 e. The molecule has 3 N–H and O–H groups in total. The molecule has 0 bridgehead atoms. The Morgan fingerprint density at radius 3 is 2.75 bits per heavy atom. The summed E-state index contributed by atoms with van der Waals surface area (Å²) in [4.78, 5) is 11.9. The summed E-state index contributed by atoms with van der Waals surface area (Å²) >= 11 is 3.39. The zero-order chi connectivity index (χ0) is 14.5. The molecular formula is C14H17BrN4O. The molecule has 1 heterocycles. The van der Waals surface area contributed by atoms with Crippen molar-refractivity contribution >= 4 is 21.8 Å². The highest BCUT2D eigenvalue weighted by molar-refractivity contribution is 9.10. The average Bonchev–Trinajstić information content (AvgIpc) is 2.95. The Hall–Kier alpha value is -1.66. The predicted molar refractivity (Wildman–Crippen MR) is 82.6 cm³/mol. The summed E-state index contributed by atoms with van der Waals surface area (Å²) in [6.45, 7) is 2.57. The van der Waals surface area contributed by atoms with E-state index in [1.54, 1.807) is 6.07 Å². The van der Waals surface area contributed by atoms with Crippen LogP contribution in [0.15, 0.2) is 34.8 Å². The Balaban J connectivity index is 2.05. The van der Waals surface area contributed by atoms with Crippen molar-refractivity contribution in [3.63, 3.8) is 0 Å². The Labute approximate surface area is 126 Å². The molecule has 0 saturated heterocycles. The average molecular weight is 337 g/mol. The lowest BCUT2D eigenvalue weighted by atomic mass is 10.1. The third-order valence-corrected chi connectivity index (χ3v) is 3.55. The normalized spacial score (nSPS) is 12.2. The molecule has 0 saturated carbocycles. The Bertz CT molecular complexity index is 579. The SMILES string of the molecule is CNC(C)CNC(=O)c1cc(-c2ccc(Br)cc2)n[nH]1. The number of rotatable bonds is 5. The summed E-state index contributed by atoms with van der Waals surface area (Å²) in [6.07, 6.45) is 0. The summed E-state index contributed by atoms with van der Waals surface area (Å²) < 4.78 is 1.01. The second-order valence-electron chi connectivity index (χ2n) is 4.57. The third-order valence-electron chi connectivity index (χ3n) is 3.02. The van der Waals surface area contributed by atoms with Crippen LogP contribution in [-0.4, -0.2) is 35.7 Å². The fourth-order valence-electron chi connectivity index (χ4n) is 1.65. The molecule has 1 amide bonds. The van der Waals surface area contributed by atoms with Crippen LogP contribution in [-0.2, 0) is 0 Å². The topological polar surface area (TPSA) is 69.8 Å². The molecule has 6 heteroatoms. The van der Waals surface area contributed by atoms with Crippen LogP contribution in [0.2, 0.25) is 0 Å². The van der Waals surface area contributed by atoms with Crippen molar-refractivity contribution < 1.29 is 4.79 Å². The second kappa shape index (κ2) is 6.67. The number of amides is 1. The monoisotopic (exact) mass is 336 g/mol. The van der Waals surface area contributed by atoms with Gasteiger partial charge in [0.05, 0.1) is 5.69 Å². The van der Waals surface area contributed by atoms with Gasteiger partial charge in [0.25, 0.3) is 5.91 Å². The zero-order valence-corrected chi connectivity index (χ0v) is 13.0.